The Kier molecular flexibility index (Phi) is 6.21. The number of anilines is 1. The zero-order chi connectivity index (χ0) is 18.4. The van der Waals surface area contributed by atoms with Gasteiger partial charge in [0, 0.05) is 30.8 Å². The number of aromatic nitrogens is 2. The maximum Gasteiger partial charge on any atom is 0.272 e. The number of nitrogens with zero attached hydrogens (tertiary/aromatic N) is 3. The van der Waals surface area contributed by atoms with Crippen molar-refractivity contribution in [2.45, 2.75) is 52.0 Å². The van der Waals surface area contributed by atoms with Gasteiger partial charge in [0.25, 0.3) is 5.91 Å². The molecule has 0 saturated carbocycles. The van der Waals surface area contributed by atoms with Gasteiger partial charge >= 0.3 is 0 Å². The van der Waals surface area contributed by atoms with Crippen molar-refractivity contribution in [1.29, 1.82) is 0 Å². The molecular weight excluding hydrogens is 324 g/mol. The molecular formula is C21H28N4O. The predicted octanol–water partition coefficient (Wildman–Crippen LogP) is 4.37. The number of carbonyl (C=O) groups excluding carboxylic acids is 1. The van der Waals surface area contributed by atoms with Crippen LogP contribution in [0.5, 0.6) is 0 Å². The van der Waals surface area contributed by atoms with Gasteiger partial charge in [0.1, 0.15) is 11.5 Å². The van der Waals surface area contributed by atoms with Crippen molar-refractivity contribution in [2.24, 2.45) is 0 Å². The molecule has 1 fully saturated rings. The molecule has 5 nitrogen and oxygen atoms in total. The van der Waals surface area contributed by atoms with Gasteiger partial charge < -0.3 is 10.2 Å². The van der Waals surface area contributed by atoms with Crippen LogP contribution in [0, 0.1) is 0 Å². The monoisotopic (exact) mass is 352 g/mol. The zero-order valence-electron chi connectivity index (χ0n) is 15.7. The van der Waals surface area contributed by atoms with Gasteiger partial charge in [-0.05, 0) is 26.2 Å². The van der Waals surface area contributed by atoms with Crippen molar-refractivity contribution in [3.05, 3.63) is 42.1 Å². The third-order valence-corrected chi connectivity index (χ3v) is 4.88. The summed E-state index contributed by atoms with van der Waals surface area (Å²) in [5.41, 5.74) is 1.40. The quantitative estimate of drug-likeness (QED) is 0.868. The highest BCUT2D eigenvalue weighted by atomic mass is 16.2. The van der Waals surface area contributed by atoms with Gasteiger partial charge in [0.15, 0.2) is 5.82 Å². The highest BCUT2D eigenvalue weighted by Gasteiger charge is 2.20. The summed E-state index contributed by atoms with van der Waals surface area (Å²) in [6, 6.07) is 11.9. The topological polar surface area (TPSA) is 58.1 Å². The van der Waals surface area contributed by atoms with E-state index in [2.05, 4.69) is 29.1 Å². The average molecular weight is 352 g/mol. The molecule has 1 aliphatic rings. The van der Waals surface area contributed by atoms with E-state index >= 15 is 0 Å². The Morgan fingerprint density at radius 2 is 1.81 bits per heavy atom. The van der Waals surface area contributed by atoms with Crippen LogP contribution in [-0.4, -0.2) is 39.9 Å². The Bertz CT molecular complexity index is 724. The number of rotatable bonds is 5. The van der Waals surface area contributed by atoms with Crippen LogP contribution < -0.4 is 5.32 Å². The van der Waals surface area contributed by atoms with Crippen molar-refractivity contribution >= 4 is 11.7 Å². The van der Waals surface area contributed by atoms with Crippen LogP contribution in [0.3, 0.4) is 0 Å². The molecule has 1 amide bonds. The molecule has 1 unspecified atom stereocenters. The Morgan fingerprint density at radius 1 is 1.12 bits per heavy atom. The zero-order valence-corrected chi connectivity index (χ0v) is 15.7. The molecule has 3 rings (SSSR count). The summed E-state index contributed by atoms with van der Waals surface area (Å²) < 4.78 is 0. The molecule has 1 aliphatic heterocycles. The van der Waals surface area contributed by atoms with E-state index in [1.165, 1.54) is 12.8 Å². The number of amides is 1. The van der Waals surface area contributed by atoms with Crippen LogP contribution in [-0.2, 0) is 0 Å². The summed E-state index contributed by atoms with van der Waals surface area (Å²) in [5.74, 6) is 1.32. The van der Waals surface area contributed by atoms with Crippen LogP contribution in [0.4, 0.5) is 5.82 Å². The third-order valence-electron chi connectivity index (χ3n) is 4.88. The predicted molar refractivity (Wildman–Crippen MR) is 105 cm³/mol. The number of hydrogen-bond acceptors (Lipinski definition) is 4. The fraction of sp³-hybridized carbons (Fsp3) is 0.476. The molecule has 1 aromatic carbocycles. The number of hydrogen-bond donors (Lipinski definition) is 1. The smallest absolute Gasteiger partial charge is 0.272 e. The maximum atomic E-state index is 13.1. The maximum absolute atomic E-state index is 13.1. The standard InChI is InChI=1S/C21H28N4O/c1-3-16(2)22-19-15-18(21(26)25-13-9-4-5-10-14-25)23-20(24-19)17-11-7-6-8-12-17/h6-8,11-12,15-16H,3-5,9-10,13-14H2,1-2H3,(H,22,23,24). The van der Waals surface area contributed by atoms with E-state index in [1.807, 2.05) is 35.2 Å². The van der Waals surface area contributed by atoms with Gasteiger partial charge in [-0.1, -0.05) is 50.1 Å². The highest BCUT2D eigenvalue weighted by Crippen LogP contribution is 2.20. The highest BCUT2D eigenvalue weighted by molar-refractivity contribution is 5.93. The van der Waals surface area contributed by atoms with Crippen LogP contribution in [0.1, 0.15) is 56.4 Å². The first kappa shape index (κ1) is 18.4. The molecule has 2 aromatic rings. The number of carbonyl (C=O) groups is 1. The van der Waals surface area contributed by atoms with Crippen LogP contribution in [0.25, 0.3) is 11.4 Å². The SMILES string of the molecule is CCC(C)Nc1cc(C(=O)N2CCCCCC2)nc(-c2ccccc2)n1. The second-order valence-electron chi connectivity index (χ2n) is 6.99. The third kappa shape index (κ3) is 4.59. The Hall–Kier alpha value is -2.43. The van der Waals surface area contributed by atoms with Crippen molar-refractivity contribution in [3.63, 3.8) is 0 Å². The van der Waals surface area contributed by atoms with Crippen molar-refractivity contribution in [2.75, 3.05) is 18.4 Å². The van der Waals surface area contributed by atoms with Gasteiger partial charge in [0.05, 0.1) is 0 Å². The second-order valence-corrected chi connectivity index (χ2v) is 6.99. The lowest BCUT2D eigenvalue weighted by molar-refractivity contribution is 0.0755. The summed E-state index contributed by atoms with van der Waals surface area (Å²) in [4.78, 5) is 24.2. The minimum atomic E-state index is 0.0127. The van der Waals surface area contributed by atoms with Crippen molar-refractivity contribution in [1.82, 2.24) is 14.9 Å². The van der Waals surface area contributed by atoms with Crippen molar-refractivity contribution in [3.8, 4) is 11.4 Å². The molecule has 26 heavy (non-hydrogen) atoms. The molecule has 1 aromatic heterocycles. The van der Waals surface area contributed by atoms with E-state index in [4.69, 9.17) is 0 Å². The Balaban J connectivity index is 1.94. The summed E-state index contributed by atoms with van der Waals surface area (Å²) in [6.07, 6.45) is 5.52. The lowest BCUT2D eigenvalue weighted by atomic mass is 10.2. The average Bonchev–Trinajstić information content (AvgIpc) is 2.97. The van der Waals surface area contributed by atoms with E-state index < -0.39 is 0 Å². The van der Waals surface area contributed by atoms with E-state index in [0.29, 0.717) is 17.3 Å². The fourth-order valence-corrected chi connectivity index (χ4v) is 3.14. The molecule has 0 bridgehead atoms. The lowest BCUT2D eigenvalue weighted by Gasteiger charge is -2.21. The summed E-state index contributed by atoms with van der Waals surface area (Å²) >= 11 is 0. The molecule has 5 heteroatoms. The van der Waals surface area contributed by atoms with E-state index in [9.17, 15) is 4.79 Å². The minimum Gasteiger partial charge on any atom is -0.367 e. The molecule has 1 N–H and O–H groups in total. The molecule has 2 heterocycles. The van der Waals surface area contributed by atoms with Crippen molar-refractivity contribution < 1.29 is 4.79 Å². The Morgan fingerprint density at radius 3 is 2.46 bits per heavy atom. The molecule has 0 spiro atoms. The van der Waals surface area contributed by atoms with Gasteiger partial charge in [-0.15, -0.1) is 0 Å². The number of likely N-dealkylation sites (tertiary alicyclic amines) is 1. The first-order valence-electron chi connectivity index (χ1n) is 9.67. The summed E-state index contributed by atoms with van der Waals surface area (Å²) in [6.45, 7) is 5.87. The largest absolute Gasteiger partial charge is 0.367 e. The number of benzene rings is 1. The molecule has 1 atom stereocenters. The fourth-order valence-electron chi connectivity index (χ4n) is 3.14. The van der Waals surface area contributed by atoms with Crippen LogP contribution in [0.15, 0.2) is 36.4 Å². The minimum absolute atomic E-state index is 0.0127. The molecule has 138 valence electrons. The normalized spacial score (nSPS) is 16.0. The first-order valence-corrected chi connectivity index (χ1v) is 9.67. The van der Waals surface area contributed by atoms with Crippen LogP contribution >= 0.6 is 0 Å². The van der Waals surface area contributed by atoms with Gasteiger partial charge in [-0.25, -0.2) is 9.97 Å². The summed E-state index contributed by atoms with van der Waals surface area (Å²) in [7, 11) is 0. The van der Waals surface area contributed by atoms with Gasteiger partial charge in [-0.2, -0.15) is 0 Å². The second kappa shape index (κ2) is 8.79. The lowest BCUT2D eigenvalue weighted by Crippen LogP contribution is -2.32. The van der Waals surface area contributed by atoms with E-state index in [1.54, 1.807) is 6.07 Å². The molecule has 1 saturated heterocycles. The molecule has 0 radical (unpaired) electrons. The van der Waals surface area contributed by atoms with E-state index in [0.717, 1.165) is 37.9 Å². The van der Waals surface area contributed by atoms with Crippen LogP contribution in [0.2, 0.25) is 0 Å². The molecule has 0 aliphatic carbocycles. The van der Waals surface area contributed by atoms with E-state index in [-0.39, 0.29) is 11.9 Å². The Labute approximate surface area is 155 Å². The van der Waals surface area contributed by atoms with Gasteiger partial charge in [0.2, 0.25) is 0 Å². The van der Waals surface area contributed by atoms with Gasteiger partial charge in [-0.3, -0.25) is 4.79 Å². The summed E-state index contributed by atoms with van der Waals surface area (Å²) in [5, 5.41) is 3.39. The first-order chi connectivity index (χ1) is 12.7. The number of nitrogens with one attached hydrogen (secondary N) is 1.